The second-order valence-corrected chi connectivity index (χ2v) is 4.01. The van der Waals surface area contributed by atoms with Gasteiger partial charge in [0.05, 0.1) is 12.1 Å². The summed E-state index contributed by atoms with van der Waals surface area (Å²) in [6.45, 7) is 0.713. The maximum atomic E-state index is 4.22. The highest BCUT2D eigenvalue weighted by Gasteiger charge is 2.08. The van der Waals surface area contributed by atoms with Gasteiger partial charge in [0.25, 0.3) is 0 Å². The van der Waals surface area contributed by atoms with Crippen molar-refractivity contribution in [3.05, 3.63) is 48.2 Å². The van der Waals surface area contributed by atoms with Crippen molar-refractivity contribution < 1.29 is 0 Å². The maximum Gasteiger partial charge on any atom is 0.155 e. The van der Waals surface area contributed by atoms with Gasteiger partial charge in [0, 0.05) is 13.2 Å². The van der Waals surface area contributed by atoms with Crippen LogP contribution in [0.4, 0.5) is 5.82 Å². The van der Waals surface area contributed by atoms with Crippen LogP contribution < -0.4 is 5.32 Å². The number of pyridine rings is 1. The summed E-state index contributed by atoms with van der Waals surface area (Å²) < 4.78 is 1.88. The Labute approximate surface area is 117 Å². The molecule has 1 aromatic carbocycles. The van der Waals surface area contributed by atoms with E-state index in [4.69, 9.17) is 0 Å². The van der Waals surface area contributed by atoms with Crippen LogP contribution >= 0.6 is 12.4 Å². The van der Waals surface area contributed by atoms with Crippen LogP contribution in [0.25, 0.3) is 11.0 Å². The van der Waals surface area contributed by atoms with E-state index in [-0.39, 0.29) is 12.4 Å². The van der Waals surface area contributed by atoms with Crippen molar-refractivity contribution in [2.75, 3.05) is 12.4 Å². The van der Waals surface area contributed by atoms with Crippen LogP contribution in [0, 0.1) is 0 Å². The van der Waals surface area contributed by atoms with Gasteiger partial charge in [0.2, 0.25) is 0 Å². The van der Waals surface area contributed by atoms with Gasteiger partial charge in [-0.1, -0.05) is 35.5 Å². The normalized spacial score (nSPS) is 10.2. The molecule has 0 saturated heterocycles. The number of nitrogens with zero attached hydrogens (tertiary/aromatic N) is 4. The first-order chi connectivity index (χ1) is 8.88. The average Bonchev–Trinajstić information content (AvgIpc) is 2.83. The van der Waals surface area contributed by atoms with Gasteiger partial charge in [-0.05, 0) is 11.6 Å². The second kappa shape index (κ2) is 5.67. The third-order valence-corrected chi connectivity index (χ3v) is 2.85. The van der Waals surface area contributed by atoms with Crippen molar-refractivity contribution in [2.45, 2.75) is 6.54 Å². The molecule has 0 aliphatic rings. The van der Waals surface area contributed by atoms with Crippen molar-refractivity contribution in [1.82, 2.24) is 20.0 Å². The molecule has 0 unspecified atom stereocenters. The van der Waals surface area contributed by atoms with E-state index in [0.29, 0.717) is 6.54 Å². The Bertz CT molecular complexity index is 665. The zero-order valence-electron chi connectivity index (χ0n) is 10.4. The summed E-state index contributed by atoms with van der Waals surface area (Å²) in [5.74, 6) is 0.756. The molecule has 19 heavy (non-hydrogen) atoms. The Hall–Kier alpha value is -2.14. The van der Waals surface area contributed by atoms with E-state index in [9.17, 15) is 0 Å². The molecule has 0 fully saturated rings. The smallest absolute Gasteiger partial charge is 0.155 e. The minimum absolute atomic E-state index is 0. The topological polar surface area (TPSA) is 55.6 Å². The third-order valence-electron chi connectivity index (χ3n) is 2.85. The molecule has 0 aliphatic carbocycles. The summed E-state index contributed by atoms with van der Waals surface area (Å²) in [7, 11) is 1.83. The number of hydrogen-bond acceptors (Lipinski definition) is 4. The molecule has 3 aromatic rings. The minimum Gasteiger partial charge on any atom is -0.371 e. The number of nitrogens with one attached hydrogen (secondary N) is 1. The number of anilines is 1. The van der Waals surface area contributed by atoms with Gasteiger partial charge >= 0.3 is 0 Å². The van der Waals surface area contributed by atoms with Gasteiger partial charge in [0.15, 0.2) is 11.3 Å². The molecule has 0 radical (unpaired) electrons. The molecule has 98 valence electrons. The van der Waals surface area contributed by atoms with Crippen LogP contribution in [0.2, 0.25) is 0 Å². The van der Waals surface area contributed by atoms with Crippen molar-refractivity contribution in [3.63, 3.8) is 0 Å². The quantitative estimate of drug-likeness (QED) is 0.797. The summed E-state index contributed by atoms with van der Waals surface area (Å²) in [5.41, 5.74) is 2.99. The zero-order valence-corrected chi connectivity index (χ0v) is 11.3. The molecular formula is C13H14ClN5. The van der Waals surface area contributed by atoms with Crippen molar-refractivity contribution in [2.24, 2.45) is 0 Å². The number of fused-ring (bicyclic) bond motifs is 1. The van der Waals surface area contributed by atoms with Crippen LogP contribution in [-0.4, -0.2) is 27.0 Å². The summed E-state index contributed by atoms with van der Waals surface area (Å²) in [6, 6.07) is 12.1. The first-order valence-corrected chi connectivity index (χ1v) is 5.78. The SMILES string of the molecule is CNc1nccc2c1nnn2Cc1ccccc1.Cl. The first-order valence-electron chi connectivity index (χ1n) is 5.78. The molecule has 0 aliphatic heterocycles. The number of hydrogen-bond donors (Lipinski definition) is 1. The lowest BCUT2D eigenvalue weighted by Crippen LogP contribution is -2.01. The van der Waals surface area contributed by atoms with Crippen molar-refractivity contribution >= 4 is 29.3 Å². The summed E-state index contributed by atoms with van der Waals surface area (Å²) >= 11 is 0. The Morgan fingerprint density at radius 1 is 1.16 bits per heavy atom. The number of rotatable bonds is 3. The maximum absolute atomic E-state index is 4.22. The molecule has 2 aromatic heterocycles. The molecule has 0 bridgehead atoms. The largest absolute Gasteiger partial charge is 0.371 e. The molecule has 0 spiro atoms. The average molecular weight is 276 g/mol. The fourth-order valence-electron chi connectivity index (χ4n) is 1.95. The molecule has 0 saturated carbocycles. The molecule has 2 heterocycles. The fourth-order valence-corrected chi connectivity index (χ4v) is 1.95. The van der Waals surface area contributed by atoms with Crippen LogP contribution in [0.1, 0.15) is 5.56 Å². The molecule has 5 nitrogen and oxygen atoms in total. The van der Waals surface area contributed by atoms with E-state index in [2.05, 4.69) is 32.7 Å². The van der Waals surface area contributed by atoms with Crippen molar-refractivity contribution in [3.8, 4) is 0 Å². The molecule has 3 rings (SSSR count). The van der Waals surface area contributed by atoms with Crippen LogP contribution in [0.3, 0.4) is 0 Å². The van der Waals surface area contributed by atoms with Crippen LogP contribution in [0.15, 0.2) is 42.6 Å². The van der Waals surface area contributed by atoms with E-state index >= 15 is 0 Å². The highest BCUT2D eigenvalue weighted by molar-refractivity contribution is 5.85. The molecule has 0 atom stereocenters. The number of benzene rings is 1. The predicted molar refractivity (Wildman–Crippen MR) is 77.7 cm³/mol. The highest BCUT2D eigenvalue weighted by atomic mass is 35.5. The monoisotopic (exact) mass is 275 g/mol. The van der Waals surface area contributed by atoms with E-state index < -0.39 is 0 Å². The van der Waals surface area contributed by atoms with Gasteiger partial charge in [-0.15, -0.1) is 17.5 Å². The summed E-state index contributed by atoms with van der Waals surface area (Å²) in [4.78, 5) is 4.22. The Morgan fingerprint density at radius 2 is 1.95 bits per heavy atom. The first kappa shape index (κ1) is 13.3. The van der Waals surface area contributed by atoms with E-state index in [1.54, 1.807) is 6.20 Å². The zero-order chi connectivity index (χ0) is 12.4. The highest BCUT2D eigenvalue weighted by Crippen LogP contribution is 2.18. The molecule has 6 heteroatoms. The standard InChI is InChI=1S/C13H13N5.ClH/c1-14-13-12-11(7-8-15-13)18(17-16-12)9-10-5-3-2-4-6-10;/h2-8H,9H2,1H3,(H,14,15);1H. The Kier molecular flexibility index (Phi) is 3.97. The lowest BCUT2D eigenvalue weighted by molar-refractivity contribution is 0.670. The van der Waals surface area contributed by atoms with Gasteiger partial charge in [-0.2, -0.15) is 0 Å². The van der Waals surface area contributed by atoms with E-state index in [1.807, 2.05) is 36.0 Å². The van der Waals surface area contributed by atoms with E-state index in [0.717, 1.165) is 16.9 Å². The van der Waals surface area contributed by atoms with Crippen LogP contribution in [0.5, 0.6) is 0 Å². The third kappa shape index (κ3) is 2.51. The summed E-state index contributed by atoms with van der Waals surface area (Å²) in [5, 5.41) is 11.4. The second-order valence-electron chi connectivity index (χ2n) is 4.01. The van der Waals surface area contributed by atoms with Crippen molar-refractivity contribution in [1.29, 1.82) is 0 Å². The van der Waals surface area contributed by atoms with Gasteiger partial charge in [0.1, 0.15) is 0 Å². The molecule has 1 N–H and O–H groups in total. The predicted octanol–water partition coefficient (Wildman–Crippen LogP) is 2.34. The Morgan fingerprint density at radius 3 is 2.68 bits per heavy atom. The van der Waals surface area contributed by atoms with Gasteiger partial charge in [-0.3, -0.25) is 0 Å². The molecular weight excluding hydrogens is 262 g/mol. The lowest BCUT2D eigenvalue weighted by atomic mass is 10.2. The minimum atomic E-state index is 0. The van der Waals surface area contributed by atoms with Gasteiger partial charge in [-0.25, -0.2) is 9.67 Å². The van der Waals surface area contributed by atoms with Gasteiger partial charge < -0.3 is 5.32 Å². The van der Waals surface area contributed by atoms with E-state index in [1.165, 1.54) is 5.56 Å². The number of aromatic nitrogens is 4. The lowest BCUT2D eigenvalue weighted by Gasteiger charge is -2.03. The number of halogens is 1. The molecule has 0 amide bonds. The van der Waals surface area contributed by atoms with Crippen LogP contribution in [-0.2, 0) is 6.54 Å². The fraction of sp³-hybridized carbons (Fsp3) is 0.154. The Balaban J connectivity index is 0.00000133. The summed E-state index contributed by atoms with van der Waals surface area (Å²) in [6.07, 6.45) is 1.76.